The van der Waals surface area contributed by atoms with Crippen molar-refractivity contribution in [1.29, 1.82) is 0 Å². The van der Waals surface area contributed by atoms with Gasteiger partial charge in [-0.2, -0.15) is 0 Å². The highest BCUT2D eigenvalue weighted by molar-refractivity contribution is 7.16. The number of thiophene rings is 1. The lowest BCUT2D eigenvalue weighted by atomic mass is 9.96. The second-order valence-corrected chi connectivity index (χ2v) is 6.06. The molecule has 0 atom stereocenters. The lowest BCUT2D eigenvalue weighted by Gasteiger charge is -2.22. The number of rotatable bonds is 2. The van der Waals surface area contributed by atoms with Gasteiger partial charge in [-0.3, -0.25) is 4.79 Å². The standard InChI is InChI=1S/C15H16N2OS/c1-17-8-7-11-12(9-17)19-15(16)13(11)14(18)10-5-3-2-4-6-10/h2-6H,7-9,16H2,1H3. The first-order valence-electron chi connectivity index (χ1n) is 6.35. The van der Waals surface area contributed by atoms with E-state index in [1.165, 1.54) is 4.88 Å². The van der Waals surface area contributed by atoms with Gasteiger partial charge in [0.2, 0.25) is 0 Å². The number of nitrogen functional groups attached to an aromatic ring is 1. The maximum absolute atomic E-state index is 12.6. The summed E-state index contributed by atoms with van der Waals surface area (Å²) >= 11 is 1.56. The predicted molar refractivity (Wildman–Crippen MR) is 78.6 cm³/mol. The normalized spacial score (nSPS) is 15.2. The molecular formula is C15H16N2OS. The van der Waals surface area contributed by atoms with Crippen LogP contribution in [0.4, 0.5) is 5.00 Å². The van der Waals surface area contributed by atoms with Crippen LogP contribution in [0.15, 0.2) is 30.3 Å². The monoisotopic (exact) mass is 272 g/mol. The van der Waals surface area contributed by atoms with Gasteiger partial charge < -0.3 is 10.6 Å². The van der Waals surface area contributed by atoms with Gasteiger partial charge in [0.15, 0.2) is 5.78 Å². The minimum absolute atomic E-state index is 0.0557. The van der Waals surface area contributed by atoms with Gasteiger partial charge >= 0.3 is 0 Å². The number of nitrogens with two attached hydrogens (primary N) is 1. The lowest BCUT2D eigenvalue weighted by molar-refractivity contribution is 0.103. The molecule has 0 unspecified atom stereocenters. The van der Waals surface area contributed by atoms with Crippen molar-refractivity contribution in [1.82, 2.24) is 4.90 Å². The molecular weight excluding hydrogens is 256 g/mol. The Morgan fingerprint density at radius 1 is 1.32 bits per heavy atom. The quantitative estimate of drug-likeness (QED) is 0.855. The fourth-order valence-corrected chi connectivity index (χ4v) is 3.73. The topological polar surface area (TPSA) is 46.3 Å². The summed E-state index contributed by atoms with van der Waals surface area (Å²) in [7, 11) is 2.09. The fourth-order valence-electron chi connectivity index (χ4n) is 2.54. The van der Waals surface area contributed by atoms with Crippen LogP contribution >= 0.6 is 11.3 Å². The number of benzene rings is 1. The van der Waals surface area contributed by atoms with Crippen LogP contribution in [0.3, 0.4) is 0 Å². The van der Waals surface area contributed by atoms with Gasteiger partial charge in [0, 0.05) is 23.5 Å². The Bertz CT molecular complexity index is 619. The Kier molecular flexibility index (Phi) is 3.12. The van der Waals surface area contributed by atoms with Crippen molar-refractivity contribution in [3.8, 4) is 0 Å². The minimum Gasteiger partial charge on any atom is -0.390 e. The van der Waals surface area contributed by atoms with Crippen LogP contribution < -0.4 is 5.73 Å². The Balaban J connectivity index is 2.04. The first-order chi connectivity index (χ1) is 9.16. The van der Waals surface area contributed by atoms with Crippen LogP contribution in [-0.2, 0) is 13.0 Å². The molecule has 2 aromatic rings. The number of hydrogen-bond acceptors (Lipinski definition) is 4. The smallest absolute Gasteiger partial charge is 0.196 e. The van der Waals surface area contributed by atoms with Crippen molar-refractivity contribution in [3.63, 3.8) is 0 Å². The average Bonchev–Trinajstić information content (AvgIpc) is 2.74. The molecule has 1 aromatic carbocycles. The molecule has 4 heteroatoms. The number of likely N-dealkylation sites (N-methyl/N-ethyl adjacent to an activating group) is 1. The van der Waals surface area contributed by atoms with E-state index in [4.69, 9.17) is 5.73 Å². The van der Waals surface area contributed by atoms with E-state index in [2.05, 4.69) is 11.9 Å². The number of anilines is 1. The largest absolute Gasteiger partial charge is 0.390 e. The van der Waals surface area contributed by atoms with E-state index >= 15 is 0 Å². The van der Waals surface area contributed by atoms with E-state index < -0.39 is 0 Å². The highest BCUT2D eigenvalue weighted by Gasteiger charge is 2.26. The van der Waals surface area contributed by atoms with Gasteiger partial charge in [-0.1, -0.05) is 30.3 Å². The van der Waals surface area contributed by atoms with Crippen molar-refractivity contribution in [2.45, 2.75) is 13.0 Å². The average molecular weight is 272 g/mol. The number of fused-ring (bicyclic) bond motifs is 1. The van der Waals surface area contributed by atoms with Crippen molar-refractivity contribution < 1.29 is 4.79 Å². The third kappa shape index (κ3) is 2.17. The maximum atomic E-state index is 12.6. The summed E-state index contributed by atoms with van der Waals surface area (Å²) in [5.41, 5.74) is 8.70. The number of nitrogens with zero attached hydrogens (tertiary/aromatic N) is 1. The zero-order chi connectivity index (χ0) is 13.4. The fraction of sp³-hybridized carbons (Fsp3) is 0.267. The summed E-state index contributed by atoms with van der Waals surface area (Å²) < 4.78 is 0. The van der Waals surface area contributed by atoms with Crippen molar-refractivity contribution in [2.75, 3.05) is 19.3 Å². The third-order valence-corrected chi connectivity index (χ3v) is 4.58. The maximum Gasteiger partial charge on any atom is 0.196 e. The van der Waals surface area contributed by atoms with E-state index in [0.717, 1.165) is 30.6 Å². The first kappa shape index (κ1) is 12.4. The number of carbonyl (C=O) groups excluding carboxylic acids is 1. The molecule has 98 valence electrons. The molecule has 0 radical (unpaired) electrons. The lowest BCUT2D eigenvalue weighted by Crippen LogP contribution is -2.26. The molecule has 0 fully saturated rings. The summed E-state index contributed by atoms with van der Waals surface area (Å²) in [6, 6.07) is 9.38. The Morgan fingerprint density at radius 2 is 2.05 bits per heavy atom. The number of ketones is 1. The molecule has 1 aliphatic rings. The van der Waals surface area contributed by atoms with E-state index in [9.17, 15) is 4.79 Å². The molecule has 0 saturated heterocycles. The van der Waals surface area contributed by atoms with Crippen LogP contribution in [0.25, 0.3) is 0 Å². The van der Waals surface area contributed by atoms with Crippen molar-refractivity contribution in [2.24, 2.45) is 0 Å². The first-order valence-corrected chi connectivity index (χ1v) is 7.17. The van der Waals surface area contributed by atoms with Gasteiger partial charge in [-0.25, -0.2) is 0 Å². The Morgan fingerprint density at radius 3 is 2.79 bits per heavy atom. The third-order valence-electron chi connectivity index (χ3n) is 3.54. The Labute approximate surface area is 116 Å². The van der Waals surface area contributed by atoms with Crippen LogP contribution in [0.1, 0.15) is 26.4 Å². The molecule has 0 amide bonds. The molecule has 0 bridgehead atoms. The van der Waals surface area contributed by atoms with Crippen LogP contribution in [0.5, 0.6) is 0 Å². The molecule has 3 rings (SSSR count). The minimum atomic E-state index is 0.0557. The van der Waals surface area contributed by atoms with Crippen LogP contribution in [0.2, 0.25) is 0 Å². The predicted octanol–water partition coefficient (Wildman–Crippen LogP) is 2.55. The summed E-state index contributed by atoms with van der Waals surface area (Å²) in [6.07, 6.45) is 0.910. The molecule has 0 aliphatic carbocycles. The molecule has 2 heterocycles. The molecule has 1 aromatic heterocycles. The SMILES string of the molecule is CN1CCc2c(sc(N)c2C(=O)c2ccccc2)C1. The van der Waals surface area contributed by atoms with Gasteiger partial charge in [-0.15, -0.1) is 11.3 Å². The molecule has 19 heavy (non-hydrogen) atoms. The molecule has 0 saturated carbocycles. The van der Waals surface area contributed by atoms with Crippen molar-refractivity contribution in [3.05, 3.63) is 51.9 Å². The zero-order valence-electron chi connectivity index (χ0n) is 10.8. The molecule has 3 nitrogen and oxygen atoms in total. The van der Waals surface area contributed by atoms with E-state index in [0.29, 0.717) is 10.6 Å². The summed E-state index contributed by atoms with van der Waals surface area (Å²) in [4.78, 5) is 16.1. The second-order valence-electron chi connectivity index (χ2n) is 4.93. The van der Waals surface area contributed by atoms with Crippen molar-refractivity contribution >= 4 is 22.1 Å². The van der Waals surface area contributed by atoms with Gasteiger partial charge in [0.1, 0.15) is 0 Å². The van der Waals surface area contributed by atoms with Gasteiger partial charge in [0.05, 0.1) is 10.6 Å². The highest BCUT2D eigenvalue weighted by atomic mass is 32.1. The van der Waals surface area contributed by atoms with E-state index in [-0.39, 0.29) is 5.78 Å². The van der Waals surface area contributed by atoms with Crippen LogP contribution in [0, 0.1) is 0 Å². The highest BCUT2D eigenvalue weighted by Crippen LogP contribution is 2.36. The van der Waals surface area contributed by atoms with E-state index in [1.807, 2.05) is 30.3 Å². The van der Waals surface area contributed by atoms with Crippen LogP contribution in [-0.4, -0.2) is 24.3 Å². The Hall–Kier alpha value is -1.65. The zero-order valence-corrected chi connectivity index (χ0v) is 11.7. The van der Waals surface area contributed by atoms with E-state index in [1.54, 1.807) is 11.3 Å². The van der Waals surface area contributed by atoms with Gasteiger partial charge in [0.25, 0.3) is 0 Å². The number of hydrogen-bond donors (Lipinski definition) is 1. The molecule has 1 aliphatic heterocycles. The summed E-state index contributed by atoms with van der Waals surface area (Å²) in [5.74, 6) is 0.0557. The second kappa shape index (κ2) is 4.79. The molecule has 0 spiro atoms. The summed E-state index contributed by atoms with van der Waals surface area (Å²) in [6.45, 7) is 1.88. The van der Waals surface area contributed by atoms with Gasteiger partial charge in [-0.05, 0) is 19.0 Å². The molecule has 2 N–H and O–H groups in total. The number of carbonyl (C=O) groups is 1. The summed E-state index contributed by atoms with van der Waals surface area (Å²) in [5, 5.41) is 0.661.